The highest BCUT2D eigenvalue weighted by molar-refractivity contribution is 7.91. The zero-order chi connectivity index (χ0) is 54.6. The van der Waals surface area contributed by atoms with E-state index in [0.717, 1.165) is 87.6 Å². The molecule has 0 unspecified atom stereocenters. The van der Waals surface area contributed by atoms with Crippen LogP contribution in [0.5, 0.6) is 11.5 Å². The van der Waals surface area contributed by atoms with Crippen molar-refractivity contribution in [2.45, 2.75) is 9.79 Å². The van der Waals surface area contributed by atoms with Crippen LogP contribution in [0.3, 0.4) is 0 Å². The van der Waals surface area contributed by atoms with Crippen molar-refractivity contribution in [1.29, 1.82) is 0 Å². The van der Waals surface area contributed by atoms with Gasteiger partial charge in [0.15, 0.2) is 0 Å². The van der Waals surface area contributed by atoms with Crippen molar-refractivity contribution in [2.75, 3.05) is 0 Å². The first-order valence-electron chi connectivity index (χ1n) is 27.0. The minimum Gasteiger partial charge on any atom is -0.507 e. The number of phenols is 2. The van der Waals surface area contributed by atoms with Gasteiger partial charge in [-0.3, -0.25) is 0 Å². The van der Waals surface area contributed by atoms with E-state index in [1.54, 1.807) is 24.3 Å². The molecular formula is C76H50O4S. The molecule has 81 heavy (non-hydrogen) atoms. The van der Waals surface area contributed by atoms with Crippen molar-refractivity contribution in [3.63, 3.8) is 0 Å². The fraction of sp³-hybridized carbons (Fsp3) is 0. The molecule has 0 aliphatic rings. The van der Waals surface area contributed by atoms with Gasteiger partial charge in [0.25, 0.3) is 0 Å². The maximum absolute atomic E-state index is 16.0. The lowest BCUT2D eigenvalue weighted by Crippen LogP contribution is -2.04. The highest BCUT2D eigenvalue weighted by Crippen LogP contribution is 2.47. The van der Waals surface area contributed by atoms with Gasteiger partial charge in [0.2, 0.25) is 9.84 Å². The summed E-state index contributed by atoms with van der Waals surface area (Å²) < 4.78 is 31.9. The highest BCUT2D eigenvalue weighted by atomic mass is 32.2. The minimum absolute atomic E-state index is 0.00848. The lowest BCUT2D eigenvalue weighted by atomic mass is 9.93. The van der Waals surface area contributed by atoms with Crippen LogP contribution in [0.1, 0.15) is 0 Å². The van der Waals surface area contributed by atoms with Crippen molar-refractivity contribution in [3.8, 4) is 101 Å². The third-order valence-electron chi connectivity index (χ3n) is 15.8. The number of sulfone groups is 1. The van der Waals surface area contributed by atoms with Crippen molar-refractivity contribution in [3.05, 3.63) is 291 Å². The number of aromatic hydroxyl groups is 2. The van der Waals surface area contributed by atoms with E-state index < -0.39 is 9.84 Å². The van der Waals surface area contributed by atoms with Crippen molar-refractivity contribution < 1.29 is 18.6 Å². The van der Waals surface area contributed by atoms with Crippen LogP contribution in [0.15, 0.2) is 301 Å². The third-order valence-corrected chi connectivity index (χ3v) is 17.5. The minimum atomic E-state index is -4.43. The Morgan fingerprint density at radius 2 is 0.383 bits per heavy atom. The van der Waals surface area contributed by atoms with E-state index in [9.17, 15) is 10.2 Å². The maximum atomic E-state index is 16.0. The zero-order valence-electron chi connectivity index (χ0n) is 43.8. The van der Waals surface area contributed by atoms with E-state index in [2.05, 4.69) is 121 Å². The van der Waals surface area contributed by atoms with Crippen LogP contribution in [-0.2, 0) is 9.84 Å². The van der Waals surface area contributed by atoms with Gasteiger partial charge in [0, 0.05) is 22.3 Å². The standard InChI is InChI=1S/C76H50O4S/c77-75-71(65-33-29-57-37-53(21-25-61(57)41-65)49-13-5-1-6-14-49)45-69(46-72(75)66-34-30-58-38-54(22-26-62(58)42-66)50-15-7-2-8-16-50)81(79,80)70-47-73(67-35-31-59-39-55(23-27-63(59)43-67)51-17-9-3-10-18-51)76(78)74(48-70)68-36-32-60-40-56(24-28-64(60)44-68)52-19-11-4-12-20-52/h1-48,77-78H. The smallest absolute Gasteiger partial charge is 0.206 e. The summed E-state index contributed by atoms with van der Waals surface area (Å²) in [5.41, 5.74) is 12.8. The van der Waals surface area contributed by atoms with Crippen LogP contribution in [0.4, 0.5) is 0 Å². The Balaban J connectivity index is 0.941. The van der Waals surface area contributed by atoms with Gasteiger partial charge >= 0.3 is 0 Å². The Labute approximate surface area is 470 Å². The maximum Gasteiger partial charge on any atom is 0.206 e. The van der Waals surface area contributed by atoms with E-state index in [4.69, 9.17) is 0 Å². The van der Waals surface area contributed by atoms with E-state index in [0.29, 0.717) is 44.5 Å². The van der Waals surface area contributed by atoms with E-state index in [1.165, 1.54) is 0 Å². The summed E-state index contributed by atoms with van der Waals surface area (Å²) in [6.07, 6.45) is 0. The second kappa shape index (κ2) is 20.2. The molecule has 0 aliphatic carbocycles. The summed E-state index contributed by atoms with van der Waals surface area (Å²) in [6, 6.07) is 96.3. The fourth-order valence-electron chi connectivity index (χ4n) is 11.4. The Morgan fingerprint density at radius 1 is 0.198 bits per heavy atom. The van der Waals surface area contributed by atoms with Crippen LogP contribution in [0, 0.1) is 0 Å². The lowest BCUT2D eigenvalue weighted by molar-refractivity contribution is 0.478. The number of phenolic OH excluding ortho intramolecular Hbond substituents is 2. The number of benzene rings is 14. The number of fused-ring (bicyclic) bond motifs is 4. The van der Waals surface area contributed by atoms with Crippen molar-refractivity contribution in [1.82, 2.24) is 0 Å². The SMILES string of the molecule is O=S(=O)(c1cc(-c2ccc3cc(-c4ccccc4)ccc3c2)c(O)c(-c2ccc3cc(-c4ccccc4)ccc3c2)c1)c1cc(-c2ccc3cc(-c4ccccc4)ccc3c2)c(O)c(-c2ccc3cc(-c4ccccc4)ccc3c2)c1. The van der Waals surface area contributed by atoms with Crippen molar-refractivity contribution in [2.24, 2.45) is 0 Å². The third kappa shape index (κ3) is 9.25. The Kier molecular flexibility index (Phi) is 12.2. The van der Waals surface area contributed by atoms with Crippen LogP contribution in [0.2, 0.25) is 0 Å². The Morgan fingerprint density at radius 3 is 0.593 bits per heavy atom. The molecule has 0 amide bonds. The normalized spacial score (nSPS) is 11.7. The second-order valence-corrected chi connectivity index (χ2v) is 22.8. The molecule has 0 heterocycles. The monoisotopic (exact) mass is 1060 g/mol. The quantitative estimate of drug-likeness (QED) is 0.143. The molecule has 0 radical (unpaired) electrons. The lowest BCUT2D eigenvalue weighted by Gasteiger charge is -2.18. The van der Waals surface area contributed by atoms with Gasteiger partial charge in [0.05, 0.1) is 9.79 Å². The molecule has 0 atom stereocenters. The Hall–Kier alpha value is -10.3. The van der Waals surface area contributed by atoms with Crippen molar-refractivity contribution >= 4 is 52.9 Å². The first-order chi connectivity index (χ1) is 39.7. The number of hydrogen-bond donors (Lipinski definition) is 2. The van der Waals surface area contributed by atoms with Crippen LogP contribution in [0.25, 0.3) is 132 Å². The summed E-state index contributed by atoms with van der Waals surface area (Å²) in [5.74, 6) is -0.0839. The molecule has 0 bridgehead atoms. The van der Waals surface area contributed by atoms with E-state index >= 15 is 8.42 Å². The molecule has 5 heteroatoms. The number of hydrogen-bond acceptors (Lipinski definition) is 4. The molecule has 4 nitrogen and oxygen atoms in total. The topological polar surface area (TPSA) is 74.6 Å². The molecule has 14 aromatic carbocycles. The second-order valence-electron chi connectivity index (χ2n) is 20.8. The van der Waals surface area contributed by atoms with Gasteiger partial charge in [0.1, 0.15) is 11.5 Å². The van der Waals surface area contributed by atoms with Gasteiger partial charge in [-0.15, -0.1) is 0 Å². The first-order valence-corrected chi connectivity index (χ1v) is 28.5. The molecular weight excluding hydrogens is 1010 g/mol. The molecule has 0 saturated heterocycles. The number of rotatable bonds is 10. The molecule has 0 aliphatic heterocycles. The predicted octanol–water partition coefficient (Wildman–Crippen LogP) is 19.9. The van der Waals surface area contributed by atoms with Gasteiger partial charge < -0.3 is 10.2 Å². The molecule has 14 aromatic rings. The fourth-order valence-corrected chi connectivity index (χ4v) is 12.8. The highest BCUT2D eigenvalue weighted by Gasteiger charge is 2.27. The van der Waals surface area contributed by atoms with Gasteiger partial charge in [-0.05, 0) is 183 Å². The molecule has 0 aromatic heterocycles. The summed E-state index contributed by atoms with van der Waals surface area (Å²) in [4.78, 5) is -0.0170. The summed E-state index contributed by atoms with van der Waals surface area (Å²) in [6.45, 7) is 0. The molecule has 0 fully saturated rings. The molecule has 0 saturated carbocycles. The van der Waals surface area contributed by atoms with Gasteiger partial charge in [-0.2, -0.15) is 0 Å². The first kappa shape index (κ1) is 49.0. The van der Waals surface area contributed by atoms with Crippen LogP contribution in [-0.4, -0.2) is 18.6 Å². The van der Waals surface area contributed by atoms with E-state index in [-0.39, 0.29) is 21.3 Å². The Bertz CT molecular complexity index is 4290. The van der Waals surface area contributed by atoms with E-state index in [1.807, 2.05) is 146 Å². The van der Waals surface area contributed by atoms with Gasteiger partial charge in [-0.25, -0.2) is 8.42 Å². The summed E-state index contributed by atoms with van der Waals surface area (Å²) >= 11 is 0. The molecule has 384 valence electrons. The van der Waals surface area contributed by atoms with Crippen LogP contribution >= 0.6 is 0 Å². The van der Waals surface area contributed by atoms with Gasteiger partial charge in [-0.1, -0.05) is 218 Å². The predicted molar refractivity (Wildman–Crippen MR) is 335 cm³/mol. The summed E-state index contributed by atoms with van der Waals surface area (Å²) in [7, 11) is -4.43. The summed E-state index contributed by atoms with van der Waals surface area (Å²) in [5, 5.41) is 33.0. The molecule has 2 N–H and O–H groups in total. The zero-order valence-corrected chi connectivity index (χ0v) is 44.6. The van der Waals surface area contributed by atoms with Crippen LogP contribution < -0.4 is 0 Å². The average Bonchev–Trinajstić information content (AvgIpc) is 3.63. The average molecular weight is 1060 g/mol. The molecule has 14 rings (SSSR count). The largest absolute Gasteiger partial charge is 0.507 e. The molecule has 0 spiro atoms.